The van der Waals surface area contributed by atoms with Crippen LogP contribution in [-0.2, 0) is 25.5 Å². The lowest BCUT2D eigenvalue weighted by Crippen LogP contribution is -2.60. The Morgan fingerprint density at radius 2 is 1.61 bits per heavy atom. The molecule has 0 aromatic heterocycles. The van der Waals surface area contributed by atoms with Crippen LogP contribution in [0.1, 0.15) is 119 Å². The Balaban J connectivity index is 1.67. The molecule has 56 heavy (non-hydrogen) atoms. The van der Waals surface area contributed by atoms with Gasteiger partial charge in [0, 0.05) is 42.5 Å². The highest BCUT2D eigenvalue weighted by Gasteiger charge is 2.46. The lowest BCUT2D eigenvalue weighted by Gasteiger charge is -2.50. The monoisotopic (exact) mass is 785 g/mol. The van der Waals surface area contributed by atoms with Crippen molar-refractivity contribution < 1.29 is 39.0 Å². The van der Waals surface area contributed by atoms with Gasteiger partial charge in [-0.15, -0.1) is 0 Å². The number of amides is 5. The average Bonchev–Trinajstić information content (AvgIpc) is 3.57. The van der Waals surface area contributed by atoms with Gasteiger partial charge in [-0.2, -0.15) is 5.06 Å². The van der Waals surface area contributed by atoms with Crippen molar-refractivity contribution in [3.63, 3.8) is 0 Å². The predicted molar refractivity (Wildman–Crippen MR) is 215 cm³/mol. The van der Waals surface area contributed by atoms with Crippen LogP contribution in [0.4, 0.5) is 9.59 Å². The van der Waals surface area contributed by atoms with Gasteiger partial charge in [-0.25, -0.2) is 9.59 Å². The Bertz CT molecular complexity index is 1490. The molecule has 2 heterocycles. The highest BCUT2D eigenvalue weighted by atomic mass is 16.6. The number of hydroxylamine groups is 2. The fourth-order valence-corrected chi connectivity index (χ4v) is 7.85. The van der Waals surface area contributed by atoms with Crippen molar-refractivity contribution in [2.24, 2.45) is 11.8 Å². The van der Waals surface area contributed by atoms with E-state index in [2.05, 4.69) is 21.3 Å². The molecule has 0 aliphatic carbocycles. The van der Waals surface area contributed by atoms with Crippen LogP contribution in [0.3, 0.4) is 0 Å². The molecule has 3 rings (SSSR count). The molecule has 3 unspecified atom stereocenters. The number of nitrogens with one attached hydrogen (secondary N) is 4. The molecule has 5 amide bonds. The molecule has 0 spiro atoms. The number of carboxylic acid groups (broad SMARTS) is 1. The van der Waals surface area contributed by atoms with Crippen molar-refractivity contribution in [2.45, 2.75) is 161 Å². The number of carbonyl (C=O) groups is 5. The second-order valence-electron chi connectivity index (χ2n) is 18.2. The minimum atomic E-state index is -1.14. The first-order valence-electron chi connectivity index (χ1n) is 20.2. The van der Waals surface area contributed by atoms with Gasteiger partial charge in [-0.1, -0.05) is 56.3 Å². The van der Waals surface area contributed by atoms with Gasteiger partial charge in [0.25, 0.3) is 0 Å². The number of benzene rings is 1. The zero-order chi connectivity index (χ0) is 41.8. The maximum Gasteiger partial charge on any atom is 0.407 e. The van der Waals surface area contributed by atoms with Gasteiger partial charge in [0.1, 0.15) is 18.2 Å². The minimum Gasteiger partial charge on any atom is -0.465 e. The van der Waals surface area contributed by atoms with E-state index >= 15 is 0 Å². The fraction of sp³-hybridized carbons (Fsp3) is 0.690. The van der Waals surface area contributed by atoms with E-state index in [4.69, 9.17) is 4.74 Å². The Morgan fingerprint density at radius 1 is 0.964 bits per heavy atom. The normalized spacial score (nSPS) is 20.3. The van der Waals surface area contributed by atoms with E-state index in [-0.39, 0.29) is 23.8 Å². The number of rotatable bonds is 17. The van der Waals surface area contributed by atoms with Crippen LogP contribution in [-0.4, -0.2) is 104 Å². The largest absolute Gasteiger partial charge is 0.465 e. The molecule has 1 aromatic carbocycles. The van der Waals surface area contributed by atoms with Crippen molar-refractivity contribution in [3.8, 4) is 0 Å². The summed E-state index contributed by atoms with van der Waals surface area (Å²) in [7, 11) is 0. The molecule has 6 N–H and O–H groups in total. The predicted octanol–water partition coefficient (Wildman–Crippen LogP) is 5.78. The van der Waals surface area contributed by atoms with Gasteiger partial charge >= 0.3 is 12.2 Å². The molecule has 0 radical (unpaired) electrons. The standard InChI is InChI=1S/C42H68N6O8/c1-28(2)24-31(44-38(52)53)21-20-30(25-29-16-11-10-12-17-29)37(51)47-23-15-19-34(47)36(50)45-33(35(49)46-40(3,4)5)18-13-14-22-43-39(54)56-32-26-41(6,7)48(55)42(8,9)27-32/h10-12,16-17,20-21,28,30-34,44,55H,13-15,18-19,22-27H2,1-9H3,(H,43,54)(H,45,50)(H,46,49)(H,52,53)/b21-20+/t30?,31?,33?,34-/m0/s1. The van der Waals surface area contributed by atoms with Crippen LogP contribution < -0.4 is 21.3 Å². The van der Waals surface area contributed by atoms with E-state index in [9.17, 15) is 34.3 Å². The number of likely N-dealkylation sites (tertiary alicyclic amines) is 1. The summed E-state index contributed by atoms with van der Waals surface area (Å²) in [5.74, 6) is -1.40. The Hall–Kier alpha value is -4.17. The van der Waals surface area contributed by atoms with Crippen molar-refractivity contribution in [2.75, 3.05) is 13.1 Å². The minimum absolute atomic E-state index is 0.213. The summed E-state index contributed by atoms with van der Waals surface area (Å²) in [4.78, 5) is 67.5. The number of hydrogen-bond donors (Lipinski definition) is 6. The summed E-state index contributed by atoms with van der Waals surface area (Å²) in [6.07, 6.45) is 5.81. The van der Waals surface area contributed by atoms with Crippen molar-refractivity contribution in [1.29, 1.82) is 0 Å². The van der Waals surface area contributed by atoms with Crippen LogP contribution in [0.15, 0.2) is 42.5 Å². The molecule has 1 aromatic rings. The molecule has 4 atom stereocenters. The van der Waals surface area contributed by atoms with E-state index in [1.165, 1.54) is 5.06 Å². The van der Waals surface area contributed by atoms with Crippen LogP contribution >= 0.6 is 0 Å². The Labute approximate surface area is 333 Å². The van der Waals surface area contributed by atoms with Crippen LogP contribution in [0.5, 0.6) is 0 Å². The number of alkyl carbamates (subject to hydrolysis) is 1. The molecule has 14 nitrogen and oxygen atoms in total. The number of piperidine rings is 1. The molecule has 14 heteroatoms. The Kier molecular flexibility index (Phi) is 16.8. The third kappa shape index (κ3) is 14.7. The maximum atomic E-state index is 14.3. The SMILES string of the molecule is CC(C)CC(/C=C/C(Cc1ccccc1)C(=O)N1CCC[C@H]1C(=O)NC(CCCCNC(=O)OC1CC(C)(C)N(O)C(C)(C)C1)C(=O)NC(C)(C)C)NC(=O)O. The molecule has 2 aliphatic heterocycles. The summed E-state index contributed by atoms with van der Waals surface area (Å²) >= 11 is 0. The average molecular weight is 785 g/mol. The molecular weight excluding hydrogens is 716 g/mol. The molecular formula is C42H68N6O8. The Morgan fingerprint density at radius 3 is 2.20 bits per heavy atom. The van der Waals surface area contributed by atoms with E-state index in [0.717, 1.165) is 5.56 Å². The van der Waals surface area contributed by atoms with Crippen molar-refractivity contribution in [1.82, 2.24) is 31.2 Å². The van der Waals surface area contributed by atoms with Crippen molar-refractivity contribution >= 4 is 29.9 Å². The first-order valence-corrected chi connectivity index (χ1v) is 20.2. The zero-order valence-corrected chi connectivity index (χ0v) is 35.0. The van der Waals surface area contributed by atoms with E-state index in [0.29, 0.717) is 70.9 Å². The van der Waals surface area contributed by atoms with E-state index in [1.807, 2.05) is 92.6 Å². The van der Waals surface area contributed by atoms with E-state index < -0.39 is 58.8 Å². The lowest BCUT2D eigenvalue weighted by atomic mass is 9.80. The summed E-state index contributed by atoms with van der Waals surface area (Å²) < 4.78 is 5.71. The molecule has 0 bridgehead atoms. The van der Waals surface area contributed by atoms with Crippen LogP contribution in [0.2, 0.25) is 0 Å². The second kappa shape index (κ2) is 20.3. The lowest BCUT2D eigenvalue weighted by molar-refractivity contribution is -0.256. The molecule has 314 valence electrons. The summed E-state index contributed by atoms with van der Waals surface area (Å²) in [5, 5.41) is 32.6. The summed E-state index contributed by atoms with van der Waals surface area (Å²) in [6.45, 7) is 17.9. The molecule has 2 saturated heterocycles. The van der Waals surface area contributed by atoms with Gasteiger partial charge in [0.05, 0.1) is 12.0 Å². The highest BCUT2D eigenvalue weighted by molar-refractivity contribution is 5.93. The van der Waals surface area contributed by atoms with Gasteiger partial charge < -0.3 is 41.2 Å². The molecule has 2 aliphatic rings. The zero-order valence-electron chi connectivity index (χ0n) is 35.0. The topological polar surface area (TPSA) is 190 Å². The van der Waals surface area contributed by atoms with Gasteiger partial charge in [-0.3, -0.25) is 14.4 Å². The van der Waals surface area contributed by atoms with Gasteiger partial charge in [0.15, 0.2) is 0 Å². The highest BCUT2D eigenvalue weighted by Crippen LogP contribution is 2.38. The van der Waals surface area contributed by atoms with Crippen molar-refractivity contribution in [3.05, 3.63) is 48.0 Å². The maximum absolute atomic E-state index is 14.3. The number of ether oxygens (including phenoxy) is 1. The first-order chi connectivity index (χ1) is 26.1. The number of carbonyl (C=O) groups excluding carboxylic acids is 4. The summed E-state index contributed by atoms with van der Waals surface area (Å²) in [5.41, 5.74) is -0.720. The fourth-order valence-electron chi connectivity index (χ4n) is 7.85. The quantitative estimate of drug-likeness (QED) is 0.0840. The van der Waals surface area contributed by atoms with Gasteiger partial charge in [-0.05, 0) is 105 Å². The number of unbranched alkanes of at least 4 members (excludes halogenated alkanes) is 1. The van der Waals surface area contributed by atoms with Crippen LogP contribution in [0.25, 0.3) is 0 Å². The summed E-state index contributed by atoms with van der Waals surface area (Å²) in [6, 6.07) is 7.44. The molecule has 2 fully saturated rings. The molecule has 0 saturated carbocycles. The first kappa shape index (κ1) is 46.2. The smallest absolute Gasteiger partial charge is 0.407 e. The second-order valence-corrected chi connectivity index (χ2v) is 18.2. The van der Waals surface area contributed by atoms with E-state index in [1.54, 1.807) is 17.1 Å². The number of hydrogen-bond acceptors (Lipinski definition) is 8. The van der Waals surface area contributed by atoms with Gasteiger partial charge in [0.2, 0.25) is 17.7 Å². The number of nitrogens with zero attached hydrogens (tertiary/aromatic N) is 2. The third-order valence-electron chi connectivity index (χ3n) is 10.3. The van der Waals surface area contributed by atoms with Crippen LogP contribution in [0, 0.1) is 11.8 Å². The third-order valence-corrected chi connectivity index (χ3v) is 10.3.